The number of ether oxygens (including phenoxy) is 1. The summed E-state index contributed by atoms with van der Waals surface area (Å²) in [5.41, 5.74) is 0.912. The summed E-state index contributed by atoms with van der Waals surface area (Å²) in [5, 5.41) is 3.35. The molecule has 0 aliphatic heterocycles. The second-order valence-corrected chi connectivity index (χ2v) is 4.89. The molecule has 112 valence electrons. The quantitative estimate of drug-likeness (QED) is 0.824. The first-order valence-electron chi connectivity index (χ1n) is 7.07. The van der Waals surface area contributed by atoms with Gasteiger partial charge in [-0.25, -0.2) is 8.78 Å². The van der Waals surface area contributed by atoms with E-state index in [0.29, 0.717) is 5.75 Å². The maximum absolute atomic E-state index is 13.7. The van der Waals surface area contributed by atoms with Gasteiger partial charge in [0.25, 0.3) is 0 Å². The van der Waals surface area contributed by atoms with E-state index in [1.165, 1.54) is 0 Å². The van der Waals surface area contributed by atoms with Crippen molar-refractivity contribution in [1.82, 2.24) is 5.32 Å². The predicted octanol–water partition coefficient (Wildman–Crippen LogP) is 4.82. The number of halogens is 2. The van der Waals surface area contributed by atoms with Gasteiger partial charge in [-0.05, 0) is 38.1 Å². The van der Waals surface area contributed by atoms with Crippen LogP contribution in [-0.4, -0.2) is 6.54 Å². The van der Waals surface area contributed by atoms with Gasteiger partial charge in [-0.15, -0.1) is 0 Å². The van der Waals surface area contributed by atoms with Gasteiger partial charge in [-0.3, -0.25) is 0 Å². The third kappa shape index (κ3) is 4.02. The lowest BCUT2D eigenvalue weighted by Crippen LogP contribution is -2.19. The summed E-state index contributed by atoms with van der Waals surface area (Å²) in [4.78, 5) is 0. The first kappa shape index (κ1) is 15.4. The number of hydrogen-bond donors (Lipinski definition) is 1. The van der Waals surface area contributed by atoms with Crippen LogP contribution >= 0.6 is 0 Å². The maximum atomic E-state index is 13.7. The molecule has 0 fully saturated rings. The molecule has 21 heavy (non-hydrogen) atoms. The van der Waals surface area contributed by atoms with E-state index in [4.69, 9.17) is 4.74 Å². The van der Waals surface area contributed by atoms with Crippen molar-refractivity contribution in [2.24, 2.45) is 0 Å². The molecular weight excluding hydrogens is 272 g/mol. The van der Waals surface area contributed by atoms with Crippen molar-refractivity contribution in [2.45, 2.75) is 26.3 Å². The average Bonchev–Trinajstić information content (AvgIpc) is 2.49. The molecule has 4 heteroatoms. The normalized spacial score (nSPS) is 12.2. The Morgan fingerprint density at radius 3 is 2.62 bits per heavy atom. The third-order valence-corrected chi connectivity index (χ3v) is 3.20. The molecule has 2 aromatic carbocycles. The highest BCUT2D eigenvalue weighted by Gasteiger charge is 2.13. The molecule has 0 saturated carbocycles. The SMILES string of the molecule is CCCNC(C)c1ccccc1Oc1cc(F)ccc1F. The molecule has 0 radical (unpaired) electrons. The van der Waals surface area contributed by atoms with Crippen molar-refractivity contribution in [1.29, 1.82) is 0 Å². The van der Waals surface area contributed by atoms with E-state index < -0.39 is 11.6 Å². The van der Waals surface area contributed by atoms with Gasteiger partial charge in [0.1, 0.15) is 11.6 Å². The van der Waals surface area contributed by atoms with Crippen molar-refractivity contribution in [3.63, 3.8) is 0 Å². The fraction of sp³-hybridized carbons (Fsp3) is 0.294. The highest BCUT2D eigenvalue weighted by atomic mass is 19.1. The molecule has 0 spiro atoms. The van der Waals surface area contributed by atoms with Gasteiger partial charge in [-0.2, -0.15) is 0 Å². The Hall–Kier alpha value is -1.94. The Labute approximate surface area is 123 Å². The fourth-order valence-electron chi connectivity index (χ4n) is 2.08. The minimum absolute atomic E-state index is 0.0674. The van der Waals surface area contributed by atoms with Crippen LogP contribution in [0.3, 0.4) is 0 Å². The summed E-state index contributed by atoms with van der Waals surface area (Å²) in [7, 11) is 0. The Bertz CT molecular complexity index is 601. The van der Waals surface area contributed by atoms with Gasteiger partial charge in [0.15, 0.2) is 11.6 Å². The second-order valence-electron chi connectivity index (χ2n) is 4.89. The molecule has 2 rings (SSSR count). The smallest absolute Gasteiger partial charge is 0.165 e. The van der Waals surface area contributed by atoms with Crippen LogP contribution in [0.2, 0.25) is 0 Å². The van der Waals surface area contributed by atoms with Crippen molar-refractivity contribution < 1.29 is 13.5 Å². The molecule has 0 aliphatic rings. The van der Waals surface area contributed by atoms with E-state index in [-0.39, 0.29) is 11.8 Å². The van der Waals surface area contributed by atoms with Crippen LogP contribution < -0.4 is 10.1 Å². The molecule has 0 saturated heterocycles. The van der Waals surface area contributed by atoms with Crippen LogP contribution in [0.4, 0.5) is 8.78 Å². The van der Waals surface area contributed by atoms with Crippen LogP contribution in [0.5, 0.6) is 11.5 Å². The van der Waals surface area contributed by atoms with E-state index in [1.807, 2.05) is 25.1 Å². The lowest BCUT2D eigenvalue weighted by atomic mass is 10.1. The summed E-state index contributed by atoms with van der Waals surface area (Å²) < 4.78 is 32.5. The predicted molar refractivity (Wildman–Crippen MR) is 79.6 cm³/mol. The molecule has 1 unspecified atom stereocenters. The Morgan fingerprint density at radius 1 is 1.10 bits per heavy atom. The highest BCUT2D eigenvalue weighted by molar-refractivity contribution is 5.40. The lowest BCUT2D eigenvalue weighted by Gasteiger charge is -2.18. The summed E-state index contributed by atoms with van der Waals surface area (Å²) >= 11 is 0. The minimum Gasteiger partial charge on any atom is -0.454 e. The number of rotatable bonds is 6. The van der Waals surface area contributed by atoms with Crippen molar-refractivity contribution in [3.05, 3.63) is 59.7 Å². The lowest BCUT2D eigenvalue weighted by molar-refractivity contribution is 0.424. The third-order valence-electron chi connectivity index (χ3n) is 3.20. The van der Waals surface area contributed by atoms with Gasteiger partial charge < -0.3 is 10.1 Å². The maximum Gasteiger partial charge on any atom is 0.165 e. The van der Waals surface area contributed by atoms with E-state index in [1.54, 1.807) is 6.07 Å². The topological polar surface area (TPSA) is 21.3 Å². The minimum atomic E-state index is -0.583. The number of benzene rings is 2. The standard InChI is InChI=1S/C17H19F2NO/c1-3-10-20-12(2)14-6-4-5-7-16(14)21-17-11-13(18)8-9-15(17)19/h4-9,11-12,20H,3,10H2,1-2H3. The average molecular weight is 291 g/mol. The zero-order valence-electron chi connectivity index (χ0n) is 12.2. The monoisotopic (exact) mass is 291 g/mol. The molecule has 0 bridgehead atoms. The molecule has 0 aliphatic carbocycles. The van der Waals surface area contributed by atoms with Crippen LogP contribution in [-0.2, 0) is 0 Å². The van der Waals surface area contributed by atoms with Crippen molar-refractivity contribution in [2.75, 3.05) is 6.54 Å². The zero-order valence-corrected chi connectivity index (χ0v) is 12.2. The van der Waals surface area contributed by atoms with E-state index in [2.05, 4.69) is 12.2 Å². The fourth-order valence-corrected chi connectivity index (χ4v) is 2.08. The molecule has 0 heterocycles. The molecule has 0 amide bonds. The summed E-state index contributed by atoms with van der Waals surface area (Å²) in [6, 6.07) is 10.6. The van der Waals surface area contributed by atoms with Crippen LogP contribution in [0.1, 0.15) is 31.9 Å². The highest BCUT2D eigenvalue weighted by Crippen LogP contribution is 2.31. The van der Waals surface area contributed by atoms with E-state index in [0.717, 1.165) is 36.7 Å². The van der Waals surface area contributed by atoms with Gasteiger partial charge in [0.05, 0.1) is 0 Å². The molecule has 2 nitrogen and oxygen atoms in total. The van der Waals surface area contributed by atoms with Crippen molar-refractivity contribution in [3.8, 4) is 11.5 Å². The number of hydrogen-bond acceptors (Lipinski definition) is 2. The van der Waals surface area contributed by atoms with Crippen LogP contribution in [0.25, 0.3) is 0 Å². The first-order chi connectivity index (χ1) is 10.1. The zero-order chi connectivity index (χ0) is 15.2. The largest absolute Gasteiger partial charge is 0.454 e. The molecule has 2 aromatic rings. The Balaban J connectivity index is 2.25. The van der Waals surface area contributed by atoms with E-state index >= 15 is 0 Å². The second kappa shape index (κ2) is 7.18. The Morgan fingerprint density at radius 2 is 1.86 bits per heavy atom. The molecule has 0 aromatic heterocycles. The van der Waals surface area contributed by atoms with Gasteiger partial charge >= 0.3 is 0 Å². The van der Waals surface area contributed by atoms with Gasteiger partial charge in [-0.1, -0.05) is 25.1 Å². The van der Waals surface area contributed by atoms with Gasteiger partial charge in [0.2, 0.25) is 0 Å². The summed E-state index contributed by atoms with van der Waals surface area (Å²) in [6.07, 6.45) is 1.02. The molecule has 1 atom stereocenters. The van der Waals surface area contributed by atoms with E-state index in [9.17, 15) is 8.78 Å². The molecule has 1 N–H and O–H groups in total. The van der Waals surface area contributed by atoms with Crippen LogP contribution in [0.15, 0.2) is 42.5 Å². The van der Waals surface area contributed by atoms with Crippen LogP contribution in [0, 0.1) is 11.6 Å². The van der Waals surface area contributed by atoms with Crippen molar-refractivity contribution >= 4 is 0 Å². The summed E-state index contributed by atoms with van der Waals surface area (Å²) in [6.45, 7) is 4.98. The Kier molecular flexibility index (Phi) is 5.28. The number of para-hydroxylation sites is 1. The molecular formula is C17H19F2NO. The van der Waals surface area contributed by atoms with Gasteiger partial charge in [0, 0.05) is 17.7 Å². The number of nitrogens with one attached hydrogen (secondary N) is 1. The first-order valence-corrected chi connectivity index (χ1v) is 7.07. The summed E-state index contributed by atoms with van der Waals surface area (Å²) in [5.74, 6) is -0.690.